The first kappa shape index (κ1) is 10.3. The zero-order valence-electron chi connectivity index (χ0n) is 9.73. The van der Waals surface area contributed by atoms with E-state index in [1.165, 1.54) is 44.2 Å². The second-order valence-corrected chi connectivity index (χ2v) is 5.12. The van der Waals surface area contributed by atoms with Crippen molar-refractivity contribution in [3.05, 3.63) is 11.9 Å². The van der Waals surface area contributed by atoms with E-state index in [9.17, 15) is 0 Å². The maximum absolute atomic E-state index is 4.24. The molecule has 1 unspecified atom stereocenters. The summed E-state index contributed by atoms with van der Waals surface area (Å²) >= 11 is 0. The summed E-state index contributed by atoms with van der Waals surface area (Å²) in [6.07, 6.45) is 9.94. The Balaban J connectivity index is 1.66. The van der Waals surface area contributed by atoms with Crippen LogP contribution in [-0.2, 0) is 6.54 Å². The molecule has 1 aromatic rings. The molecule has 1 N–H and O–H groups in total. The molecule has 4 heteroatoms. The summed E-state index contributed by atoms with van der Waals surface area (Å²) in [7, 11) is 0. The molecule has 0 radical (unpaired) electrons. The highest BCUT2D eigenvalue weighted by atomic mass is 15.4. The molecule has 0 aromatic carbocycles. The van der Waals surface area contributed by atoms with Crippen molar-refractivity contribution in [1.82, 2.24) is 20.3 Å². The van der Waals surface area contributed by atoms with E-state index < -0.39 is 0 Å². The molecule has 4 nitrogen and oxygen atoms in total. The summed E-state index contributed by atoms with van der Waals surface area (Å²) in [4.78, 5) is 0. The Bertz CT molecular complexity index is 337. The summed E-state index contributed by atoms with van der Waals surface area (Å²) in [5.74, 6) is 0.735. The van der Waals surface area contributed by atoms with Crippen molar-refractivity contribution in [1.29, 1.82) is 0 Å². The minimum absolute atomic E-state index is 0.606. The molecular weight excluding hydrogens is 200 g/mol. The monoisotopic (exact) mass is 220 g/mol. The minimum Gasteiger partial charge on any atom is -0.312 e. The van der Waals surface area contributed by atoms with Crippen LogP contribution >= 0.6 is 0 Å². The summed E-state index contributed by atoms with van der Waals surface area (Å²) in [5.41, 5.74) is 1.36. The summed E-state index contributed by atoms with van der Waals surface area (Å²) < 4.78 is 2.13. The van der Waals surface area contributed by atoms with Crippen molar-refractivity contribution >= 4 is 0 Å². The molecule has 1 aromatic heterocycles. The standard InChI is InChI=1S/C12H20N4/c1-2-7-13-11(6-1)9-16-12(8-14-15-16)10-4-3-5-10/h8,10-11,13H,1-7,9H2. The average molecular weight is 220 g/mol. The summed E-state index contributed by atoms with van der Waals surface area (Å²) in [6, 6.07) is 0.606. The van der Waals surface area contributed by atoms with Gasteiger partial charge in [0.2, 0.25) is 0 Å². The van der Waals surface area contributed by atoms with E-state index in [0.29, 0.717) is 6.04 Å². The highest BCUT2D eigenvalue weighted by molar-refractivity contribution is 5.07. The van der Waals surface area contributed by atoms with Crippen molar-refractivity contribution in [3.8, 4) is 0 Å². The molecule has 1 atom stereocenters. The normalized spacial score (nSPS) is 26.6. The lowest BCUT2D eigenvalue weighted by Crippen LogP contribution is -2.38. The third kappa shape index (κ3) is 1.98. The number of piperidine rings is 1. The zero-order valence-corrected chi connectivity index (χ0v) is 9.73. The predicted octanol–water partition coefficient (Wildman–Crippen LogP) is 1.69. The fraction of sp³-hybridized carbons (Fsp3) is 0.833. The van der Waals surface area contributed by atoms with E-state index in [4.69, 9.17) is 0 Å². The van der Waals surface area contributed by atoms with Gasteiger partial charge in [-0.2, -0.15) is 0 Å². The number of hydrogen-bond donors (Lipinski definition) is 1. The minimum atomic E-state index is 0.606. The maximum Gasteiger partial charge on any atom is 0.0728 e. The number of aromatic nitrogens is 3. The molecular formula is C12H20N4. The van der Waals surface area contributed by atoms with Crippen LogP contribution in [0.4, 0.5) is 0 Å². The Morgan fingerprint density at radius 1 is 1.25 bits per heavy atom. The van der Waals surface area contributed by atoms with Gasteiger partial charge in [0.1, 0.15) is 0 Å². The Morgan fingerprint density at radius 2 is 2.19 bits per heavy atom. The van der Waals surface area contributed by atoms with Gasteiger partial charge in [-0.1, -0.05) is 18.1 Å². The van der Waals surface area contributed by atoms with Crippen LogP contribution in [0, 0.1) is 0 Å². The molecule has 0 spiro atoms. The largest absolute Gasteiger partial charge is 0.312 e. The van der Waals surface area contributed by atoms with Crippen LogP contribution in [0.3, 0.4) is 0 Å². The molecule has 2 aliphatic rings. The number of nitrogens with zero attached hydrogens (tertiary/aromatic N) is 3. The van der Waals surface area contributed by atoms with E-state index in [2.05, 4.69) is 20.3 Å². The van der Waals surface area contributed by atoms with Crippen LogP contribution < -0.4 is 5.32 Å². The molecule has 1 aliphatic heterocycles. The first-order valence-electron chi connectivity index (χ1n) is 6.55. The van der Waals surface area contributed by atoms with Crippen LogP contribution in [-0.4, -0.2) is 27.6 Å². The van der Waals surface area contributed by atoms with E-state index in [1.54, 1.807) is 0 Å². The molecule has 2 heterocycles. The highest BCUT2D eigenvalue weighted by Gasteiger charge is 2.24. The van der Waals surface area contributed by atoms with Gasteiger partial charge in [-0.15, -0.1) is 5.10 Å². The second-order valence-electron chi connectivity index (χ2n) is 5.12. The van der Waals surface area contributed by atoms with Gasteiger partial charge >= 0.3 is 0 Å². The lowest BCUT2D eigenvalue weighted by Gasteiger charge is -2.28. The predicted molar refractivity (Wildman–Crippen MR) is 62.3 cm³/mol. The van der Waals surface area contributed by atoms with Gasteiger partial charge < -0.3 is 5.32 Å². The van der Waals surface area contributed by atoms with Gasteiger partial charge in [-0.25, -0.2) is 4.68 Å². The Kier molecular flexibility index (Phi) is 2.91. The molecule has 1 saturated heterocycles. The van der Waals surface area contributed by atoms with Crippen LogP contribution in [0.2, 0.25) is 0 Å². The Morgan fingerprint density at radius 3 is 2.88 bits per heavy atom. The van der Waals surface area contributed by atoms with E-state index >= 15 is 0 Å². The molecule has 2 fully saturated rings. The summed E-state index contributed by atoms with van der Waals surface area (Å²) in [6.45, 7) is 2.17. The first-order chi connectivity index (χ1) is 7.93. The Labute approximate surface area is 96.4 Å². The van der Waals surface area contributed by atoms with Crippen molar-refractivity contribution in [2.24, 2.45) is 0 Å². The maximum atomic E-state index is 4.24. The smallest absolute Gasteiger partial charge is 0.0728 e. The van der Waals surface area contributed by atoms with Crippen molar-refractivity contribution in [2.45, 2.75) is 57.0 Å². The number of hydrogen-bond acceptors (Lipinski definition) is 3. The quantitative estimate of drug-likeness (QED) is 0.843. The van der Waals surface area contributed by atoms with Crippen molar-refractivity contribution in [3.63, 3.8) is 0 Å². The first-order valence-corrected chi connectivity index (χ1v) is 6.55. The molecule has 3 rings (SSSR count). The third-order valence-corrected chi connectivity index (χ3v) is 3.98. The van der Waals surface area contributed by atoms with Crippen molar-refractivity contribution < 1.29 is 0 Å². The van der Waals surface area contributed by atoms with E-state index in [0.717, 1.165) is 19.0 Å². The number of rotatable bonds is 3. The van der Waals surface area contributed by atoms with E-state index in [-0.39, 0.29) is 0 Å². The molecule has 88 valence electrons. The SMILES string of the molecule is c1nnn(CC2CCCCN2)c1C1CCC1. The van der Waals surface area contributed by atoms with Gasteiger partial charge in [-0.3, -0.25) is 0 Å². The molecule has 0 bridgehead atoms. The van der Waals surface area contributed by atoms with Gasteiger partial charge in [0.25, 0.3) is 0 Å². The third-order valence-electron chi connectivity index (χ3n) is 3.98. The van der Waals surface area contributed by atoms with Crippen LogP contribution in [0.1, 0.15) is 50.1 Å². The number of nitrogens with one attached hydrogen (secondary N) is 1. The molecule has 0 amide bonds. The lowest BCUT2D eigenvalue weighted by atomic mass is 9.83. The fourth-order valence-electron chi connectivity index (χ4n) is 2.72. The van der Waals surface area contributed by atoms with Gasteiger partial charge in [-0.05, 0) is 32.2 Å². The average Bonchev–Trinajstić information content (AvgIpc) is 2.66. The highest BCUT2D eigenvalue weighted by Crippen LogP contribution is 2.35. The molecule has 1 aliphatic carbocycles. The van der Waals surface area contributed by atoms with E-state index in [1.807, 2.05) is 6.20 Å². The van der Waals surface area contributed by atoms with Gasteiger partial charge in [0.15, 0.2) is 0 Å². The van der Waals surface area contributed by atoms with Gasteiger partial charge in [0, 0.05) is 12.0 Å². The second kappa shape index (κ2) is 4.53. The zero-order chi connectivity index (χ0) is 10.8. The topological polar surface area (TPSA) is 42.7 Å². The molecule has 16 heavy (non-hydrogen) atoms. The van der Waals surface area contributed by atoms with Crippen LogP contribution in [0.5, 0.6) is 0 Å². The molecule has 1 saturated carbocycles. The van der Waals surface area contributed by atoms with Gasteiger partial charge in [0.05, 0.1) is 18.4 Å². The van der Waals surface area contributed by atoms with Crippen LogP contribution in [0.15, 0.2) is 6.20 Å². The summed E-state index contributed by atoms with van der Waals surface area (Å²) in [5, 5.41) is 11.9. The lowest BCUT2D eigenvalue weighted by molar-refractivity contribution is 0.326. The van der Waals surface area contributed by atoms with Crippen LogP contribution in [0.25, 0.3) is 0 Å². The Hall–Kier alpha value is -0.900. The fourth-order valence-corrected chi connectivity index (χ4v) is 2.72. The van der Waals surface area contributed by atoms with Crippen molar-refractivity contribution in [2.75, 3.05) is 6.54 Å².